The Labute approximate surface area is 582 Å². The first-order valence-electron chi connectivity index (χ1n) is 26.9. The molecule has 12 aromatic rings. The van der Waals surface area contributed by atoms with Crippen molar-refractivity contribution in [3.63, 3.8) is 0 Å². The van der Waals surface area contributed by atoms with Crippen molar-refractivity contribution < 1.29 is 164 Å². The topological polar surface area (TPSA) is 492 Å². The van der Waals surface area contributed by atoms with Crippen molar-refractivity contribution in [1.29, 1.82) is 0 Å². The van der Waals surface area contributed by atoms with Gasteiger partial charge in [0.2, 0.25) is 0 Å². The normalized spacial score (nSPS) is 11.0. The molecule has 8 heterocycles. The average molecular weight is 1510 g/mol. The molecule has 0 aliphatic carbocycles. The van der Waals surface area contributed by atoms with E-state index in [0.717, 1.165) is 22.3 Å². The van der Waals surface area contributed by atoms with Crippen molar-refractivity contribution in [3.8, 4) is 113 Å². The van der Waals surface area contributed by atoms with Gasteiger partial charge in [-0.3, -0.25) is 0 Å². The Kier molecular flexibility index (Phi) is 25.0. The van der Waals surface area contributed by atoms with Crippen LogP contribution in [0, 0.1) is 112 Å². The number of nitrogens with zero attached hydrogens (tertiary/aromatic N) is 8. The fourth-order valence-corrected chi connectivity index (χ4v) is 9.45. The average Bonchev–Trinajstić information content (AvgIpc) is 0.765. The Morgan fingerprint density at radius 1 is 0.177 bits per heavy atom. The van der Waals surface area contributed by atoms with Gasteiger partial charge in [-0.1, -0.05) is 121 Å². The molecule has 28 nitrogen and oxygen atoms in total. The Balaban J connectivity index is 0.000000222. The van der Waals surface area contributed by atoms with Gasteiger partial charge in [-0.15, -0.1) is 30.7 Å². The summed E-state index contributed by atoms with van der Waals surface area (Å²) in [5.74, 6) is 0. The van der Waals surface area contributed by atoms with Gasteiger partial charge in [0.15, 0.2) is 24.8 Å². The second-order valence-electron chi connectivity index (χ2n) is 19.5. The number of benzene rings is 4. The third-order valence-electron chi connectivity index (χ3n) is 13.4. The number of pyridine rings is 8. The van der Waals surface area contributed by atoms with Crippen molar-refractivity contribution in [1.82, 2.24) is 0 Å². The maximum absolute atomic E-state index is 14.0. The zero-order valence-electron chi connectivity index (χ0n) is 48.6. The summed E-state index contributed by atoms with van der Waals surface area (Å²) in [6.07, 6.45) is 5.26. The van der Waals surface area contributed by atoms with Gasteiger partial charge < -0.3 is 41.7 Å². The van der Waals surface area contributed by atoms with Crippen LogP contribution < -0.4 is 93.8 Å². The molecule has 489 valence electrons. The monoisotopic (exact) mass is 1510 g/mol. The van der Waals surface area contributed by atoms with E-state index in [0.29, 0.717) is 60.1 Å². The first-order valence-corrected chi connectivity index (χ1v) is 30.6. The number of rotatable bonds is 10. The largest absolute Gasteiger partial charge is 3.00 e. The van der Waals surface area contributed by atoms with Gasteiger partial charge >= 0.3 is 39.9 Å². The summed E-state index contributed by atoms with van der Waals surface area (Å²) in [5, 5.41) is 107. The molecule has 0 saturated heterocycles. The summed E-state index contributed by atoms with van der Waals surface area (Å²) < 4.78 is 107. The molecule has 0 spiro atoms. The van der Waals surface area contributed by atoms with Crippen LogP contribution in [0.3, 0.4) is 0 Å². The van der Waals surface area contributed by atoms with Gasteiger partial charge in [0.05, 0.1) is 0 Å². The van der Waals surface area contributed by atoms with Gasteiger partial charge in [-0.25, -0.2) is 55.9 Å². The molecular weight excluding hydrogens is 1460 g/mol. The van der Waals surface area contributed by atoms with Crippen molar-refractivity contribution >= 4 is 0 Å². The Bertz CT molecular complexity index is 4020. The van der Waals surface area contributed by atoms with Crippen LogP contribution in [0.5, 0.6) is 0 Å². The Morgan fingerprint density at radius 3 is 0.458 bits per heavy atom. The van der Waals surface area contributed by atoms with Gasteiger partial charge in [-0.2, -0.15) is 37.8 Å². The van der Waals surface area contributed by atoms with Crippen molar-refractivity contribution in [3.05, 3.63) is 309 Å². The first-order chi connectivity index (χ1) is 45.0. The van der Waals surface area contributed by atoms with Gasteiger partial charge in [0, 0.05) is 97.1 Å². The quantitative estimate of drug-likeness (QED) is 0.0912. The number of hydrogen-bond donors (Lipinski definition) is 0. The molecule has 8 aromatic heterocycles. The molecule has 0 N–H and O–H groups in total. The summed E-state index contributed by atoms with van der Waals surface area (Å²) in [5.41, 5.74) is 6.77. The van der Waals surface area contributed by atoms with E-state index in [1.807, 2.05) is 121 Å². The molecule has 0 aliphatic rings. The minimum Gasteiger partial charge on any atom is -0.618 e. The SMILES string of the molecule is [Gd+3].[O-][Cl+3]([O-])([O-])[O-].[O-][Cl+3]([O-])([O-])[O-].[O-][Cl+3]([O-])([O-])[O-].[O-][n+]1ccccc1-c1cc(-c2ccccc2)cc(-c2cc(-c3ccccc3)cc(-c3cccc[n+]3[O-])[n+]2[O-])[n+]1[O-].[O-][n+]1ccccc1-c1cc(-c2ccccc2)cc(-c2cc(-c3ccccc3)cc(-c3cccc[n+]3[O-])[n+]2[O-])[n+]1[O-]. The van der Waals surface area contributed by atoms with E-state index < -0.39 is 30.7 Å². The molecule has 1 radical (unpaired) electrons. The fourth-order valence-electron chi connectivity index (χ4n) is 9.45. The molecule has 32 heteroatoms. The van der Waals surface area contributed by atoms with E-state index in [-0.39, 0.29) is 108 Å². The van der Waals surface area contributed by atoms with E-state index in [2.05, 4.69) is 0 Å². The zero-order valence-corrected chi connectivity index (χ0v) is 53.2. The van der Waals surface area contributed by atoms with Crippen LogP contribution in [0.1, 0.15) is 0 Å². The molecule has 0 fully saturated rings. The van der Waals surface area contributed by atoms with E-state index >= 15 is 0 Å². The number of halogens is 3. The van der Waals surface area contributed by atoms with E-state index in [9.17, 15) is 41.7 Å². The number of hydrogen-bond acceptors (Lipinski definition) is 20. The van der Waals surface area contributed by atoms with Crippen LogP contribution in [0.25, 0.3) is 113 Å². The summed E-state index contributed by atoms with van der Waals surface area (Å²) in [7, 11) is -14.8. The van der Waals surface area contributed by atoms with Gasteiger partial charge in [0.1, 0.15) is 0 Å². The van der Waals surface area contributed by atoms with Crippen LogP contribution in [0.2, 0.25) is 0 Å². The third-order valence-corrected chi connectivity index (χ3v) is 13.4. The Hall–Kier alpha value is -9.81. The van der Waals surface area contributed by atoms with Gasteiger partial charge in [-0.05, 0) is 68.8 Å². The molecule has 0 bridgehead atoms. The summed E-state index contributed by atoms with van der Waals surface area (Å²) in [4.78, 5) is 0. The molecule has 0 unspecified atom stereocenters. The van der Waals surface area contributed by atoms with Crippen LogP contribution >= 0.6 is 0 Å². The van der Waals surface area contributed by atoms with Crippen molar-refractivity contribution in [2.24, 2.45) is 0 Å². The summed E-state index contributed by atoms with van der Waals surface area (Å²) in [6, 6.07) is 69.8. The van der Waals surface area contributed by atoms with Crippen molar-refractivity contribution in [2.75, 3.05) is 0 Å². The molecule has 0 saturated carbocycles. The van der Waals surface area contributed by atoms with E-state index in [1.54, 1.807) is 121 Å². The second-order valence-corrected chi connectivity index (χ2v) is 21.7. The second kappa shape index (κ2) is 32.6. The molecule has 4 aromatic carbocycles. The molecule has 0 atom stereocenters. The van der Waals surface area contributed by atoms with Crippen LogP contribution in [0.15, 0.2) is 267 Å². The minimum absolute atomic E-state index is 0. The molecular formula is C64H44Cl3GdN8O20. The molecule has 12 rings (SSSR count). The maximum Gasteiger partial charge on any atom is 3.00 e. The summed E-state index contributed by atoms with van der Waals surface area (Å²) in [6.45, 7) is 0. The summed E-state index contributed by atoms with van der Waals surface area (Å²) >= 11 is 0. The predicted molar refractivity (Wildman–Crippen MR) is 299 cm³/mol. The van der Waals surface area contributed by atoms with E-state index in [1.165, 1.54) is 24.8 Å². The van der Waals surface area contributed by atoms with Crippen molar-refractivity contribution in [2.45, 2.75) is 0 Å². The standard InChI is InChI=1S/2C32H22N4O4.3ClHO4.Gd/c2*37-33-17-9-7-15-27(33)29-19-25(23-11-3-1-4-12-23)21-31(35(29)39)32-22-26(24-13-5-2-6-14-24)20-30(36(32)40)28-16-8-10-18-34(28)38;3*2-1(3,4)5;/h2*1-22H;3*(H,2,3,4,5);/q;;;;;+3/p-3. The van der Waals surface area contributed by atoms with Gasteiger partial charge in [0.25, 0.3) is 68.3 Å². The predicted octanol–water partition coefficient (Wildman–Crippen LogP) is -5.16. The molecule has 0 aliphatic heterocycles. The maximum atomic E-state index is 14.0. The first kappa shape index (κ1) is 73.6. The third kappa shape index (κ3) is 20.1. The van der Waals surface area contributed by atoms with Crippen LogP contribution in [0.4, 0.5) is 0 Å². The Morgan fingerprint density at radius 2 is 0.312 bits per heavy atom. The van der Waals surface area contributed by atoms with Crippen LogP contribution in [-0.2, 0) is 0 Å². The number of aromatic nitrogens is 8. The van der Waals surface area contributed by atoms with Crippen LogP contribution in [-0.4, -0.2) is 0 Å². The minimum atomic E-state index is -4.94. The fraction of sp³-hybridized carbons (Fsp3) is 0. The smallest absolute Gasteiger partial charge is 0.618 e. The van der Waals surface area contributed by atoms with E-state index in [4.69, 9.17) is 55.9 Å². The molecule has 96 heavy (non-hydrogen) atoms. The zero-order chi connectivity index (χ0) is 68.8. The molecule has 0 amide bonds.